The van der Waals surface area contributed by atoms with Gasteiger partial charge in [-0.25, -0.2) is 50.5 Å². The minimum Gasteiger partial charge on any atom is -0.497 e. The Bertz CT molecular complexity index is 6370. The first-order valence-electron chi connectivity index (χ1n) is 36.5. The summed E-state index contributed by atoms with van der Waals surface area (Å²) < 4.78 is 104. The van der Waals surface area contributed by atoms with Gasteiger partial charge in [-0.15, -0.1) is 0 Å². The van der Waals surface area contributed by atoms with Crippen molar-refractivity contribution in [3.05, 3.63) is 246 Å². The van der Waals surface area contributed by atoms with Gasteiger partial charge in [-0.2, -0.15) is 0 Å². The van der Waals surface area contributed by atoms with Gasteiger partial charge in [0.2, 0.25) is 22.2 Å². The predicted octanol–water partition coefficient (Wildman–Crippen LogP) is 6.80. The van der Waals surface area contributed by atoms with Crippen molar-refractivity contribution in [1.29, 1.82) is 0 Å². The van der Waals surface area contributed by atoms with E-state index in [1.54, 1.807) is 78.9 Å². The maximum Gasteiger partial charge on any atom is 0.323 e. The van der Waals surface area contributed by atoms with Crippen molar-refractivity contribution in [1.82, 2.24) is 67.1 Å². The molecule has 17 rings (SSSR count). The van der Waals surface area contributed by atoms with Crippen LogP contribution in [-0.2, 0) is 45.4 Å². The van der Waals surface area contributed by atoms with Crippen molar-refractivity contribution in [3.63, 3.8) is 0 Å². The van der Waals surface area contributed by atoms with Gasteiger partial charge >= 0.3 is 24.1 Å². The van der Waals surface area contributed by atoms with E-state index in [4.69, 9.17) is 36.3 Å². The number of carbonyl (C=O) groups is 12. The lowest BCUT2D eigenvalue weighted by molar-refractivity contribution is -0.123. The molecule has 0 saturated carbocycles. The molecule has 0 spiro atoms. The number of ether oxygens (including phenoxy) is 4. The monoisotopic (exact) mass is 1710 g/mol. The largest absolute Gasteiger partial charge is 0.497 e. The molecule has 4 atom stereocenters. The molecular formula is C85H61ClF6N14O16S. The van der Waals surface area contributed by atoms with E-state index in [0.717, 1.165) is 33.5 Å². The number of methoxy groups -OCH3 is 4. The minimum atomic E-state index is -1.95. The van der Waals surface area contributed by atoms with Gasteiger partial charge in [0.05, 0.1) is 81.0 Å². The number of nitrogens with two attached hydrogens (primary N) is 1. The second kappa shape index (κ2) is 33.7. The molecule has 4 fully saturated rings. The zero-order valence-electron chi connectivity index (χ0n) is 64.3. The summed E-state index contributed by atoms with van der Waals surface area (Å²) in [5.41, 5.74) is 3.63. The number of nitrogens with zero attached hydrogens (tertiary/aromatic N) is 5. The molecule has 8 aromatic carbocycles. The topological polar surface area (TPSA) is 390 Å². The summed E-state index contributed by atoms with van der Waals surface area (Å²) in [5, 5.41) is 18.5. The number of benzene rings is 8. The summed E-state index contributed by atoms with van der Waals surface area (Å²) in [6.07, 6.45) is 0. The third-order valence-electron chi connectivity index (χ3n) is 20.2. The average molecular weight is 1720 g/mol. The fourth-order valence-corrected chi connectivity index (χ4v) is 15.0. The SMILES string of the molecule is COc1ccc2c(c1)C(=O)N(C[C@@]1(C#Cc3c(F)cc(F)cc3F)NC(=O)NC1=O)C2.COc1ccc2c(c1)C(=O)N(C[C@@]1(C#Cc3c(F)cccc3F)NC(=O)NC1=O)C2.COc1ccc2c(c1)C(=O)N(C[C@@]1(C#Cc3ccc4nc(N)sc4c3)NC(=O)NC1=O)C2.COc1ccc2c(c1)C(=O)N(C[C@@]1(C#Cc3cccc(F)c3Cl)NC(=O)NC1=O)C2. The number of imide groups is 4. The molecule has 1 aromatic heterocycles. The quantitative estimate of drug-likeness (QED) is 0.0345. The molecule has 38 heteroatoms. The van der Waals surface area contributed by atoms with Gasteiger partial charge in [0.25, 0.3) is 47.3 Å². The predicted molar refractivity (Wildman–Crippen MR) is 424 cm³/mol. The fourth-order valence-electron chi connectivity index (χ4n) is 14.0. The molecule has 622 valence electrons. The first-order valence-corrected chi connectivity index (χ1v) is 37.6. The lowest BCUT2D eigenvalue weighted by Crippen LogP contribution is -2.54. The highest BCUT2D eigenvalue weighted by Gasteiger charge is 2.53. The Balaban J connectivity index is 0.000000134. The first kappa shape index (κ1) is 83.9. The van der Waals surface area contributed by atoms with E-state index in [-0.39, 0.29) is 74.1 Å². The molecule has 4 saturated heterocycles. The second-order valence-corrected chi connectivity index (χ2v) is 29.6. The van der Waals surface area contributed by atoms with E-state index in [1.165, 1.54) is 83.6 Å². The molecule has 8 aliphatic rings. The van der Waals surface area contributed by atoms with Gasteiger partial charge in [-0.05, 0) is 113 Å². The molecule has 123 heavy (non-hydrogen) atoms. The fraction of sp³-hybridized carbons (Fsp3) is 0.188. The van der Waals surface area contributed by atoms with E-state index in [2.05, 4.69) is 89.6 Å². The number of amides is 16. The first-order chi connectivity index (χ1) is 58.7. The number of hydrogen-bond donors (Lipinski definition) is 9. The van der Waals surface area contributed by atoms with Crippen molar-refractivity contribution in [2.24, 2.45) is 0 Å². The van der Waals surface area contributed by atoms with Crippen molar-refractivity contribution in [3.8, 4) is 70.4 Å². The van der Waals surface area contributed by atoms with Crippen LogP contribution in [0.5, 0.6) is 23.0 Å². The van der Waals surface area contributed by atoms with Crippen LogP contribution in [0.2, 0.25) is 5.02 Å². The van der Waals surface area contributed by atoms with Gasteiger partial charge in [-0.3, -0.25) is 59.6 Å². The van der Waals surface area contributed by atoms with Crippen LogP contribution in [0, 0.1) is 82.3 Å². The van der Waals surface area contributed by atoms with Crippen LogP contribution >= 0.6 is 22.9 Å². The van der Waals surface area contributed by atoms with Gasteiger partial charge < -0.3 is 65.5 Å². The molecule has 0 aliphatic carbocycles. The lowest BCUT2D eigenvalue weighted by atomic mass is 9.99. The smallest absolute Gasteiger partial charge is 0.323 e. The number of nitrogen functional groups attached to an aromatic ring is 1. The van der Waals surface area contributed by atoms with Crippen molar-refractivity contribution in [2.45, 2.75) is 48.3 Å². The number of carbonyl (C=O) groups excluding carboxylic acids is 12. The van der Waals surface area contributed by atoms with Crippen LogP contribution in [0.25, 0.3) is 10.2 Å². The van der Waals surface area contributed by atoms with Crippen molar-refractivity contribution in [2.75, 3.05) is 60.4 Å². The zero-order chi connectivity index (χ0) is 87.7. The molecular weight excluding hydrogens is 1650 g/mol. The number of urea groups is 4. The lowest BCUT2D eigenvalue weighted by Gasteiger charge is -2.26. The van der Waals surface area contributed by atoms with Crippen molar-refractivity contribution >= 4 is 110 Å². The van der Waals surface area contributed by atoms with E-state index in [1.807, 2.05) is 17.4 Å². The number of anilines is 1. The number of thiazole rings is 1. The number of nitrogens with one attached hydrogen (secondary N) is 8. The van der Waals surface area contributed by atoms with E-state index < -0.39 is 122 Å². The van der Waals surface area contributed by atoms with Gasteiger partial charge in [0.1, 0.15) is 57.9 Å². The Morgan fingerprint density at radius 3 is 1.07 bits per heavy atom. The van der Waals surface area contributed by atoms with Gasteiger partial charge in [0, 0.05) is 71.7 Å². The third kappa shape index (κ3) is 17.0. The van der Waals surface area contributed by atoms with Crippen LogP contribution in [0.1, 0.15) is 85.9 Å². The number of rotatable bonds is 12. The van der Waals surface area contributed by atoms with E-state index in [0.29, 0.717) is 85.8 Å². The maximum absolute atomic E-state index is 14.0. The van der Waals surface area contributed by atoms with Crippen molar-refractivity contribution < 1.29 is 103 Å². The summed E-state index contributed by atoms with van der Waals surface area (Å²) in [7, 11) is 5.96. The Kier molecular flexibility index (Phi) is 23.0. The molecule has 0 unspecified atom stereocenters. The van der Waals surface area contributed by atoms with E-state index in [9.17, 15) is 83.9 Å². The molecule has 9 aromatic rings. The zero-order valence-corrected chi connectivity index (χ0v) is 65.9. The number of halogens is 7. The summed E-state index contributed by atoms with van der Waals surface area (Å²) in [6, 6.07) is 30.9. The van der Waals surface area contributed by atoms with Crippen LogP contribution < -0.4 is 67.2 Å². The van der Waals surface area contributed by atoms with Crippen LogP contribution in [0.15, 0.2) is 140 Å². The Morgan fingerprint density at radius 1 is 0.407 bits per heavy atom. The molecule has 16 amide bonds. The van der Waals surface area contributed by atoms with Crippen LogP contribution in [0.3, 0.4) is 0 Å². The van der Waals surface area contributed by atoms with Gasteiger partial charge in [0.15, 0.2) is 5.13 Å². The molecule has 30 nitrogen and oxygen atoms in total. The standard InChI is InChI=1S/C22H17N5O4S.C21H15ClFN3O4.C21H14F3N3O4.C21H15F2N3O4/c1-31-14-4-3-13-10-27(18(28)15(13)9-14)11-22(19(29)25-21(30)26-22)7-6-12-2-5-16-17(8-12)32-20(23)24-16;1-30-14-6-5-13-10-26(18(27)15(13)9-14)11-21(19(28)24-20(29)25-21)8-7-12-3-2-4-16(23)17(12)22;1-31-13-3-2-11-9-27(18(28)15(11)8-13)10-21(19(29)25-20(30)26-21)5-4-14-16(23)6-12(22)7-17(14)24;1-30-13-6-5-12-10-26(18(27)15(12)9-13)11-21(19(28)24-20(29)25-21)8-7-14-16(22)3-2-4-17(14)23/h2-5,8-9H,10-11H2,1H3,(H2,23,24)(H2,25,26,29,30);2-6,9H,10-11H2,1H3,(H2,24,25,28,29);2-3,6-8H,9-10H2,1H3,(H2,25,26,29,30);2-6,9H,10-11H2,1H3,(H2,24,25,28,29)/t22-;3*21-/m1111/s1. The highest BCUT2D eigenvalue weighted by Crippen LogP contribution is 2.35. The molecule has 0 bridgehead atoms. The molecule has 0 radical (unpaired) electrons. The highest BCUT2D eigenvalue weighted by atomic mass is 35.5. The average Bonchev–Trinajstić information content (AvgIpc) is 1.63. The number of fused-ring (bicyclic) bond motifs is 5. The normalized spacial score (nSPS) is 19.6. The maximum atomic E-state index is 14.0. The minimum absolute atomic E-state index is 0.0941. The number of aromatic nitrogens is 1. The molecule has 9 heterocycles. The highest BCUT2D eigenvalue weighted by molar-refractivity contribution is 7.22. The summed E-state index contributed by atoms with van der Waals surface area (Å²) >= 11 is 7.26. The Hall–Kier alpha value is -15.6. The van der Waals surface area contributed by atoms with E-state index >= 15 is 0 Å². The molecule has 8 aliphatic heterocycles. The Labute approximate surface area is 701 Å². The van der Waals surface area contributed by atoms with Crippen LogP contribution in [0.4, 0.5) is 50.7 Å². The summed E-state index contributed by atoms with van der Waals surface area (Å²) in [6.45, 7) is -0.115. The summed E-state index contributed by atoms with van der Waals surface area (Å²) in [5.74, 6) is 12.1. The Morgan fingerprint density at radius 2 is 0.732 bits per heavy atom. The molecule has 10 N–H and O–H groups in total. The second-order valence-electron chi connectivity index (χ2n) is 28.2. The third-order valence-corrected chi connectivity index (χ3v) is 21.5. The number of hydrogen-bond acceptors (Lipinski definition) is 19. The van der Waals surface area contributed by atoms with Crippen LogP contribution in [-0.4, -0.2) is 173 Å². The van der Waals surface area contributed by atoms with Gasteiger partial charge in [-0.1, -0.05) is 107 Å². The summed E-state index contributed by atoms with van der Waals surface area (Å²) in [4.78, 5) is 159.